The third-order valence-electron chi connectivity index (χ3n) is 4.30. The van der Waals surface area contributed by atoms with E-state index in [-0.39, 0.29) is 12.1 Å². The fraction of sp³-hybridized carbons (Fsp3) is 0.647. The lowest BCUT2D eigenvalue weighted by Gasteiger charge is -2.41. The van der Waals surface area contributed by atoms with Crippen molar-refractivity contribution in [2.75, 3.05) is 18.1 Å². The molecule has 0 aliphatic carbocycles. The Bertz CT molecular complexity index is 466. The van der Waals surface area contributed by atoms with Gasteiger partial charge in [-0.1, -0.05) is 29.8 Å². The van der Waals surface area contributed by atoms with Crippen molar-refractivity contribution in [3.8, 4) is 0 Å². The molecule has 1 aliphatic rings. The fourth-order valence-corrected chi connectivity index (χ4v) is 3.31. The summed E-state index contributed by atoms with van der Waals surface area (Å²) in [6, 6.07) is 7.25. The zero-order chi connectivity index (χ0) is 15.4. The SMILES string of the molecule is CCC(N)Cc1cc(Br)ccc1N1CC(C)OCC1CC. The number of hydrogen-bond acceptors (Lipinski definition) is 3. The molecule has 0 bridgehead atoms. The maximum absolute atomic E-state index is 6.19. The van der Waals surface area contributed by atoms with Crippen molar-refractivity contribution in [3.63, 3.8) is 0 Å². The lowest BCUT2D eigenvalue weighted by Crippen LogP contribution is -2.49. The monoisotopic (exact) mass is 354 g/mol. The van der Waals surface area contributed by atoms with Crippen molar-refractivity contribution in [2.45, 2.75) is 58.2 Å². The highest BCUT2D eigenvalue weighted by Crippen LogP contribution is 2.30. The summed E-state index contributed by atoms with van der Waals surface area (Å²) in [7, 11) is 0. The van der Waals surface area contributed by atoms with Crippen LogP contribution in [-0.2, 0) is 11.2 Å². The van der Waals surface area contributed by atoms with E-state index in [4.69, 9.17) is 10.5 Å². The predicted octanol–water partition coefficient (Wildman–Crippen LogP) is 3.73. The molecule has 21 heavy (non-hydrogen) atoms. The molecular weight excluding hydrogens is 328 g/mol. The first-order chi connectivity index (χ1) is 10.0. The zero-order valence-electron chi connectivity index (χ0n) is 13.3. The Morgan fingerprint density at radius 1 is 1.43 bits per heavy atom. The van der Waals surface area contributed by atoms with Gasteiger partial charge in [0.15, 0.2) is 0 Å². The van der Waals surface area contributed by atoms with Crippen molar-refractivity contribution in [2.24, 2.45) is 5.73 Å². The first kappa shape index (κ1) is 16.8. The summed E-state index contributed by atoms with van der Waals surface area (Å²) in [6.07, 6.45) is 3.31. The van der Waals surface area contributed by atoms with E-state index in [1.807, 2.05) is 0 Å². The van der Waals surface area contributed by atoms with E-state index in [0.717, 1.165) is 36.9 Å². The first-order valence-corrected chi connectivity index (χ1v) is 8.76. The van der Waals surface area contributed by atoms with Crippen LogP contribution in [0.3, 0.4) is 0 Å². The predicted molar refractivity (Wildman–Crippen MR) is 93.0 cm³/mol. The minimum atomic E-state index is 0.219. The van der Waals surface area contributed by atoms with Crippen LogP contribution in [0, 0.1) is 0 Å². The molecule has 1 fully saturated rings. The number of hydrogen-bond donors (Lipinski definition) is 1. The van der Waals surface area contributed by atoms with Crippen LogP contribution in [0.4, 0.5) is 5.69 Å². The topological polar surface area (TPSA) is 38.5 Å². The number of benzene rings is 1. The van der Waals surface area contributed by atoms with Crippen LogP contribution in [0.15, 0.2) is 22.7 Å². The molecule has 1 aromatic rings. The summed E-state index contributed by atoms with van der Waals surface area (Å²) in [5.41, 5.74) is 8.85. The molecule has 0 aromatic heterocycles. The molecule has 0 amide bonds. The average molecular weight is 355 g/mol. The van der Waals surface area contributed by atoms with Crippen LogP contribution in [0.5, 0.6) is 0 Å². The van der Waals surface area contributed by atoms with Crippen molar-refractivity contribution in [3.05, 3.63) is 28.2 Å². The Balaban J connectivity index is 2.31. The van der Waals surface area contributed by atoms with Crippen molar-refractivity contribution >= 4 is 21.6 Å². The molecule has 118 valence electrons. The molecule has 2 N–H and O–H groups in total. The summed E-state index contributed by atoms with van der Waals surface area (Å²) < 4.78 is 6.95. The number of anilines is 1. The third-order valence-corrected chi connectivity index (χ3v) is 4.79. The quantitative estimate of drug-likeness (QED) is 0.875. The van der Waals surface area contributed by atoms with Gasteiger partial charge in [-0.15, -0.1) is 0 Å². The van der Waals surface area contributed by atoms with Gasteiger partial charge >= 0.3 is 0 Å². The second-order valence-electron chi connectivity index (χ2n) is 6.00. The van der Waals surface area contributed by atoms with E-state index in [1.165, 1.54) is 11.3 Å². The van der Waals surface area contributed by atoms with E-state index < -0.39 is 0 Å². The highest BCUT2D eigenvalue weighted by molar-refractivity contribution is 9.10. The molecule has 3 atom stereocenters. The highest BCUT2D eigenvalue weighted by Gasteiger charge is 2.27. The average Bonchev–Trinajstić information content (AvgIpc) is 2.47. The number of nitrogens with zero attached hydrogens (tertiary/aromatic N) is 1. The second-order valence-corrected chi connectivity index (χ2v) is 6.92. The zero-order valence-corrected chi connectivity index (χ0v) is 14.9. The van der Waals surface area contributed by atoms with Gasteiger partial charge in [-0.2, -0.15) is 0 Å². The van der Waals surface area contributed by atoms with Gasteiger partial charge in [0, 0.05) is 22.7 Å². The van der Waals surface area contributed by atoms with Crippen LogP contribution in [0.2, 0.25) is 0 Å². The number of rotatable bonds is 5. The molecule has 1 heterocycles. The Hall–Kier alpha value is -0.580. The Morgan fingerprint density at radius 3 is 2.86 bits per heavy atom. The van der Waals surface area contributed by atoms with E-state index in [2.05, 4.69) is 59.8 Å². The van der Waals surface area contributed by atoms with Crippen LogP contribution in [0.25, 0.3) is 0 Å². The standard InChI is InChI=1S/C17H27BrN2O/c1-4-15(19)9-13-8-14(18)6-7-17(13)20-10-12(3)21-11-16(20)5-2/h6-8,12,15-16H,4-5,9-11,19H2,1-3H3. The van der Waals surface area contributed by atoms with Crippen LogP contribution in [0.1, 0.15) is 39.2 Å². The van der Waals surface area contributed by atoms with Gasteiger partial charge in [0.25, 0.3) is 0 Å². The van der Waals surface area contributed by atoms with E-state index in [0.29, 0.717) is 6.04 Å². The molecule has 0 spiro atoms. The van der Waals surface area contributed by atoms with Gasteiger partial charge in [0.05, 0.1) is 18.8 Å². The maximum atomic E-state index is 6.19. The second kappa shape index (κ2) is 7.61. The number of ether oxygens (including phenoxy) is 1. The molecule has 2 rings (SSSR count). The summed E-state index contributed by atoms with van der Waals surface area (Å²) in [4.78, 5) is 2.51. The third kappa shape index (κ3) is 4.21. The van der Waals surface area contributed by atoms with Crippen LogP contribution >= 0.6 is 15.9 Å². The molecule has 1 saturated heterocycles. The van der Waals surface area contributed by atoms with Crippen molar-refractivity contribution in [1.29, 1.82) is 0 Å². The van der Waals surface area contributed by atoms with Gasteiger partial charge in [-0.05, 0) is 49.9 Å². The summed E-state index contributed by atoms with van der Waals surface area (Å²) >= 11 is 3.59. The van der Waals surface area contributed by atoms with Gasteiger partial charge in [-0.3, -0.25) is 0 Å². The van der Waals surface area contributed by atoms with Crippen molar-refractivity contribution in [1.82, 2.24) is 0 Å². The van der Waals surface area contributed by atoms with E-state index in [9.17, 15) is 0 Å². The number of nitrogens with two attached hydrogens (primary N) is 1. The molecule has 1 aliphatic heterocycles. The van der Waals surface area contributed by atoms with Gasteiger partial charge in [0.1, 0.15) is 0 Å². The van der Waals surface area contributed by atoms with Crippen LogP contribution < -0.4 is 10.6 Å². The fourth-order valence-electron chi connectivity index (χ4n) is 2.90. The molecule has 4 heteroatoms. The number of morpholine rings is 1. The van der Waals surface area contributed by atoms with E-state index in [1.54, 1.807) is 0 Å². The Morgan fingerprint density at radius 2 is 2.19 bits per heavy atom. The van der Waals surface area contributed by atoms with Crippen LogP contribution in [-0.4, -0.2) is 31.3 Å². The number of halogens is 1. The highest BCUT2D eigenvalue weighted by atomic mass is 79.9. The molecular formula is C17H27BrN2O. The molecule has 3 unspecified atom stereocenters. The smallest absolute Gasteiger partial charge is 0.0723 e. The van der Waals surface area contributed by atoms with E-state index >= 15 is 0 Å². The molecule has 0 saturated carbocycles. The largest absolute Gasteiger partial charge is 0.375 e. The maximum Gasteiger partial charge on any atom is 0.0723 e. The Kier molecular flexibility index (Phi) is 6.08. The minimum Gasteiger partial charge on any atom is -0.375 e. The normalized spacial score (nSPS) is 24.1. The summed E-state index contributed by atoms with van der Waals surface area (Å²) in [5.74, 6) is 0. The van der Waals surface area contributed by atoms with Crippen molar-refractivity contribution < 1.29 is 4.74 Å². The lowest BCUT2D eigenvalue weighted by molar-refractivity contribution is 0.0299. The van der Waals surface area contributed by atoms with Gasteiger partial charge in [-0.25, -0.2) is 0 Å². The lowest BCUT2D eigenvalue weighted by atomic mass is 10.00. The molecule has 1 aromatic carbocycles. The first-order valence-electron chi connectivity index (χ1n) is 7.97. The van der Waals surface area contributed by atoms with Gasteiger partial charge in [0.2, 0.25) is 0 Å². The molecule has 0 radical (unpaired) electrons. The summed E-state index contributed by atoms with van der Waals surface area (Å²) in [5, 5.41) is 0. The van der Waals surface area contributed by atoms with Gasteiger partial charge < -0.3 is 15.4 Å². The Labute approximate surface area is 137 Å². The minimum absolute atomic E-state index is 0.219. The summed E-state index contributed by atoms with van der Waals surface area (Å²) in [6.45, 7) is 8.29. The molecule has 3 nitrogen and oxygen atoms in total.